The van der Waals surface area contributed by atoms with Gasteiger partial charge in [0, 0.05) is 25.2 Å². The maximum absolute atomic E-state index is 5.72. The van der Waals surface area contributed by atoms with Crippen LogP contribution < -0.4 is 19.9 Å². The zero-order valence-corrected chi connectivity index (χ0v) is 10.5. The SMILES string of the molecule is Cn1cc(COc2cc3c(cc2CN)OCO3)nn1. The Kier molecular flexibility index (Phi) is 2.96. The number of rotatable bonds is 4. The van der Waals surface area contributed by atoms with Gasteiger partial charge in [0.05, 0.1) is 6.20 Å². The molecule has 0 bridgehead atoms. The Hall–Kier alpha value is -2.28. The van der Waals surface area contributed by atoms with Gasteiger partial charge in [-0.05, 0) is 6.07 Å². The van der Waals surface area contributed by atoms with Crippen molar-refractivity contribution in [3.05, 3.63) is 29.6 Å². The number of hydrogen-bond acceptors (Lipinski definition) is 6. The number of nitrogens with zero attached hydrogens (tertiary/aromatic N) is 3. The summed E-state index contributed by atoms with van der Waals surface area (Å²) in [5, 5.41) is 7.81. The molecule has 0 unspecified atom stereocenters. The van der Waals surface area contributed by atoms with Crippen molar-refractivity contribution in [1.29, 1.82) is 0 Å². The second-order valence-corrected chi connectivity index (χ2v) is 4.19. The van der Waals surface area contributed by atoms with Gasteiger partial charge in [-0.1, -0.05) is 5.21 Å². The molecule has 0 saturated heterocycles. The van der Waals surface area contributed by atoms with Gasteiger partial charge in [-0.15, -0.1) is 5.10 Å². The molecular weight excluding hydrogens is 248 g/mol. The van der Waals surface area contributed by atoms with Crippen LogP contribution in [0, 0.1) is 0 Å². The minimum atomic E-state index is 0.229. The molecule has 0 saturated carbocycles. The second kappa shape index (κ2) is 4.77. The maximum Gasteiger partial charge on any atom is 0.231 e. The van der Waals surface area contributed by atoms with E-state index in [1.807, 2.05) is 13.1 Å². The average molecular weight is 262 g/mol. The highest BCUT2D eigenvalue weighted by Crippen LogP contribution is 2.38. The highest BCUT2D eigenvalue weighted by molar-refractivity contribution is 5.51. The van der Waals surface area contributed by atoms with Crippen molar-refractivity contribution in [3.63, 3.8) is 0 Å². The lowest BCUT2D eigenvalue weighted by atomic mass is 10.2. The van der Waals surface area contributed by atoms with E-state index < -0.39 is 0 Å². The fraction of sp³-hybridized carbons (Fsp3) is 0.333. The third-order valence-electron chi connectivity index (χ3n) is 2.80. The molecule has 1 aromatic carbocycles. The Bertz CT molecular complexity index is 597. The van der Waals surface area contributed by atoms with Gasteiger partial charge >= 0.3 is 0 Å². The Balaban J connectivity index is 1.80. The molecule has 1 aliphatic heterocycles. The number of aryl methyl sites for hydroxylation is 1. The summed E-state index contributed by atoms with van der Waals surface area (Å²) in [7, 11) is 1.81. The van der Waals surface area contributed by atoms with Crippen LogP contribution in [0.4, 0.5) is 0 Å². The van der Waals surface area contributed by atoms with E-state index in [-0.39, 0.29) is 6.79 Å². The molecule has 2 N–H and O–H groups in total. The van der Waals surface area contributed by atoms with Crippen molar-refractivity contribution in [2.24, 2.45) is 12.8 Å². The smallest absolute Gasteiger partial charge is 0.231 e. The zero-order valence-electron chi connectivity index (χ0n) is 10.5. The third kappa shape index (κ3) is 2.32. The fourth-order valence-corrected chi connectivity index (χ4v) is 1.87. The number of fused-ring (bicyclic) bond motifs is 1. The van der Waals surface area contributed by atoms with Crippen molar-refractivity contribution < 1.29 is 14.2 Å². The Morgan fingerprint density at radius 3 is 2.84 bits per heavy atom. The molecule has 100 valence electrons. The minimum Gasteiger partial charge on any atom is -0.487 e. The number of nitrogens with two attached hydrogens (primary N) is 1. The lowest BCUT2D eigenvalue weighted by molar-refractivity contribution is 0.173. The molecule has 7 nitrogen and oxygen atoms in total. The van der Waals surface area contributed by atoms with E-state index in [0.29, 0.717) is 30.4 Å². The van der Waals surface area contributed by atoms with Crippen LogP contribution in [0.25, 0.3) is 0 Å². The first-order chi connectivity index (χ1) is 9.26. The van der Waals surface area contributed by atoms with E-state index >= 15 is 0 Å². The van der Waals surface area contributed by atoms with Gasteiger partial charge in [0.25, 0.3) is 0 Å². The summed E-state index contributed by atoms with van der Waals surface area (Å²) in [6.45, 7) is 0.930. The largest absolute Gasteiger partial charge is 0.487 e. The van der Waals surface area contributed by atoms with Crippen molar-refractivity contribution in [2.45, 2.75) is 13.2 Å². The summed E-state index contributed by atoms with van der Waals surface area (Å²) >= 11 is 0. The summed E-state index contributed by atoms with van der Waals surface area (Å²) in [4.78, 5) is 0. The minimum absolute atomic E-state index is 0.229. The number of aromatic nitrogens is 3. The number of benzene rings is 1. The summed E-state index contributed by atoms with van der Waals surface area (Å²) in [6.07, 6.45) is 1.80. The summed E-state index contributed by atoms with van der Waals surface area (Å²) in [5.41, 5.74) is 7.33. The van der Waals surface area contributed by atoms with E-state index in [9.17, 15) is 0 Å². The van der Waals surface area contributed by atoms with Gasteiger partial charge in [0.15, 0.2) is 11.5 Å². The quantitative estimate of drug-likeness (QED) is 0.867. The Labute approximate surface area is 109 Å². The molecule has 0 aliphatic carbocycles. The number of hydrogen-bond donors (Lipinski definition) is 1. The highest BCUT2D eigenvalue weighted by atomic mass is 16.7. The second-order valence-electron chi connectivity index (χ2n) is 4.19. The molecule has 0 fully saturated rings. The first-order valence-corrected chi connectivity index (χ1v) is 5.87. The highest BCUT2D eigenvalue weighted by Gasteiger charge is 2.17. The molecule has 1 aliphatic rings. The predicted molar refractivity (Wildman–Crippen MR) is 65.8 cm³/mol. The van der Waals surface area contributed by atoms with Crippen molar-refractivity contribution in [1.82, 2.24) is 15.0 Å². The fourth-order valence-electron chi connectivity index (χ4n) is 1.87. The van der Waals surface area contributed by atoms with Crippen molar-refractivity contribution >= 4 is 0 Å². The van der Waals surface area contributed by atoms with Crippen LogP contribution in [0.5, 0.6) is 17.2 Å². The van der Waals surface area contributed by atoms with Crippen LogP contribution in [-0.2, 0) is 20.2 Å². The Morgan fingerprint density at radius 2 is 2.16 bits per heavy atom. The molecule has 2 heterocycles. The van der Waals surface area contributed by atoms with Crippen LogP contribution in [0.15, 0.2) is 18.3 Å². The van der Waals surface area contributed by atoms with Crippen molar-refractivity contribution in [3.8, 4) is 17.2 Å². The molecule has 0 spiro atoms. The molecule has 1 aromatic heterocycles. The van der Waals surface area contributed by atoms with E-state index in [0.717, 1.165) is 11.3 Å². The van der Waals surface area contributed by atoms with Gasteiger partial charge in [-0.2, -0.15) is 0 Å². The normalized spacial score (nSPS) is 12.7. The predicted octanol–water partition coefficient (Wildman–Crippen LogP) is 0.581. The van der Waals surface area contributed by atoms with Crippen LogP contribution in [0.2, 0.25) is 0 Å². The van der Waals surface area contributed by atoms with Gasteiger partial charge in [-0.25, -0.2) is 0 Å². The molecule has 7 heteroatoms. The van der Waals surface area contributed by atoms with Crippen LogP contribution in [0.3, 0.4) is 0 Å². The standard InChI is InChI=1S/C12H14N4O3/c1-16-5-9(14-15-16)6-17-10-3-12-11(18-7-19-12)2-8(10)4-13/h2-3,5H,4,6-7,13H2,1H3. The lowest BCUT2D eigenvalue weighted by Gasteiger charge is -2.10. The van der Waals surface area contributed by atoms with Gasteiger partial charge in [0.2, 0.25) is 6.79 Å². The molecule has 19 heavy (non-hydrogen) atoms. The first kappa shape index (κ1) is 11.8. The topological polar surface area (TPSA) is 84.4 Å². The van der Waals surface area contributed by atoms with E-state index in [2.05, 4.69) is 10.3 Å². The maximum atomic E-state index is 5.72. The van der Waals surface area contributed by atoms with Gasteiger partial charge in [0.1, 0.15) is 18.1 Å². The summed E-state index contributed by atoms with van der Waals surface area (Å²) in [6, 6.07) is 3.63. The van der Waals surface area contributed by atoms with Crippen molar-refractivity contribution in [2.75, 3.05) is 6.79 Å². The van der Waals surface area contributed by atoms with Crippen LogP contribution >= 0.6 is 0 Å². The lowest BCUT2D eigenvalue weighted by Crippen LogP contribution is -2.03. The van der Waals surface area contributed by atoms with Gasteiger partial charge in [-0.3, -0.25) is 4.68 Å². The van der Waals surface area contributed by atoms with E-state index in [4.69, 9.17) is 19.9 Å². The van der Waals surface area contributed by atoms with Crippen LogP contribution in [0.1, 0.15) is 11.3 Å². The molecule has 3 rings (SSSR count). The van der Waals surface area contributed by atoms with Gasteiger partial charge < -0.3 is 19.9 Å². The molecule has 0 radical (unpaired) electrons. The molecule has 0 amide bonds. The summed E-state index contributed by atoms with van der Waals surface area (Å²) in [5.74, 6) is 2.05. The zero-order chi connectivity index (χ0) is 13.2. The van der Waals surface area contributed by atoms with E-state index in [1.54, 1.807) is 16.9 Å². The molecule has 2 aromatic rings. The first-order valence-electron chi connectivity index (χ1n) is 5.87. The van der Waals surface area contributed by atoms with E-state index in [1.165, 1.54) is 0 Å². The molecular formula is C12H14N4O3. The van der Waals surface area contributed by atoms with Crippen LogP contribution in [-0.4, -0.2) is 21.8 Å². The summed E-state index contributed by atoms with van der Waals surface area (Å²) < 4.78 is 18.0. The average Bonchev–Trinajstić information content (AvgIpc) is 3.03. The monoisotopic (exact) mass is 262 g/mol. The molecule has 0 atom stereocenters. The third-order valence-corrected chi connectivity index (χ3v) is 2.80. The Morgan fingerprint density at radius 1 is 1.37 bits per heavy atom. The number of ether oxygens (including phenoxy) is 3.